The third kappa shape index (κ3) is 3.25. The lowest BCUT2D eigenvalue weighted by molar-refractivity contribution is -0.137. The van der Waals surface area contributed by atoms with Crippen LogP contribution in [0.25, 0.3) is 10.7 Å². The van der Waals surface area contributed by atoms with E-state index in [4.69, 9.17) is 0 Å². The van der Waals surface area contributed by atoms with Crippen LogP contribution in [0.4, 0.5) is 19.0 Å². The Labute approximate surface area is 127 Å². The molecule has 0 aliphatic heterocycles. The molecule has 5 nitrogen and oxygen atoms in total. The molecule has 9 heteroatoms. The van der Waals surface area contributed by atoms with E-state index in [1.165, 1.54) is 17.4 Å². The van der Waals surface area contributed by atoms with Crippen LogP contribution in [0, 0.1) is 0 Å². The second-order valence-corrected chi connectivity index (χ2v) is 5.31. The summed E-state index contributed by atoms with van der Waals surface area (Å²) in [7, 11) is 0. The number of nitrogens with one attached hydrogen (secondary N) is 2. The summed E-state index contributed by atoms with van der Waals surface area (Å²) in [5.74, 6) is 1.50. The minimum absolute atomic E-state index is 0.288. The molecule has 0 radical (unpaired) electrons. The number of halogens is 3. The van der Waals surface area contributed by atoms with Gasteiger partial charge >= 0.3 is 6.18 Å². The van der Waals surface area contributed by atoms with Crippen LogP contribution in [0.3, 0.4) is 0 Å². The predicted octanol–water partition coefficient (Wildman–Crippen LogP) is 3.56. The van der Waals surface area contributed by atoms with E-state index in [0.29, 0.717) is 17.5 Å². The number of aromatic amines is 1. The topological polar surface area (TPSA) is 66.5 Å². The molecule has 0 aromatic carbocycles. The van der Waals surface area contributed by atoms with Crippen molar-refractivity contribution in [3.63, 3.8) is 0 Å². The van der Waals surface area contributed by atoms with E-state index in [-0.39, 0.29) is 6.54 Å². The normalized spacial score (nSPS) is 11.6. The highest BCUT2D eigenvalue weighted by molar-refractivity contribution is 7.13. The quantitative estimate of drug-likeness (QED) is 0.770. The van der Waals surface area contributed by atoms with Crippen molar-refractivity contribution in [1.29, 1.82) is 0 Å². The van der Waals surface area contributed by atoms with E-state index >= 15 is 0 Å². The Hall–Kier alpha value is -2.42. The second kappa shape index (κ2) is 5.76. The molecule has 0 unspecified atom stereocenters. The SMILES string of the molecule is FC(F)(F)c1ccc(NCc2nc(-c3cccs3)n[nH]2)nc1. The lowest BCUT2D eigenvalue weighted by Gasteiger charge is -2.07. The van der Waals surface area contributed by atoms with Crippen LogP contribution in [0.15, 0.2) is 35.8 Å². The summed E-state index contributed by atoms with van der Waals surface area (Å²) in [4.78, 5) is 8.96. The molecular weight excluding hydrogens is 315 g/mol. The van der Waals surface area contributed by atoms with Gasteiger partial charge < -0.3 is 5.32 Å². The fourth-order valence-corrected chi connectivity index (χ4v) is 2.39. The van der Waals surface area contributed by atoms with Crippen molar-refractivity contribution < 1.29 is 13.2 Å². The maximum absolute atomic E-state index is 12.4. The first kappa shape index (κ1) is 14.5. The number of anilines is 1. The lowest BCUT2D eigenvalue weighted by Crippen LogP contribution is -2.07. The number of hydrogen-bond acceptors (Lipinski definition) is 5. The number of hydrogen-bond donors (Lipinski definition) is 2. The lowest BCUT2D eigenvalue weighted by atomic mass is 10.3. The van der Waals surface area contributed by atoms with Crippen molar-refractivity contribution in [2.24, 2.45) is 0 Å². The summed E-state index contributed by atoms with van der Waals surface area (Å²) in [6.07, 6.45) is -3.59. The predicted molar refractivity (Wildman–Crippen MR) is 76.3 cm³/mol. The first-order chi connectivity index (χ1) is 10.5. The van der Waals surface area contributed by atoms with Gasteiger partial charge in [0.15, 0.2) is 5.82 Å². The maximum Gasteiger partial charge on any atom is 0.417 e. The van der Waals surface area contributed by atoms with Crippen molar-refractivity contribution in [2.75, 3.05) is 5.32 Å². The first-order valence-corrected chi connectivity index (χ1v) is 7.12. The highest BCUT2D eigenvalue weighted by atomic mass is 32.1. The molecule has 0 atom stereocenters. The standard InChI is InChI=1S/C13H10F3N5S/c14-13(15,16)8-3-4-10(17-6-8)18-7-11-19-12(21-20-11)9-2-1-5-22-9/h1-6H,7H2,(H,17,18)(H,19,20,21). The first-order valence-electron chi connectivity index (χ1n) is 6.24. The van der Waals surface area contributed by atoms with Crippen molar-refractivity contribution in [1.82, 2.24) is 20.2 Å². The molecule has 2 N–H and O–H groups in total. The third-order valence-corrected chi connectivity index (χ3v) is 3.67. The van der Waals surface area contributed by atoms with Gasteiger partial charge in [0.25, 0.3) is 0 Å². The number of alkyl halides is 3. The molecule has 0 bridgehead atoms. The zero-order chi connectivity index (χ0) is 15.6. The maximum atomic E-state index is 12.4. The van der Waals surface area contributed by atoms with Gasteiger partial charge in [-0.2, -0.15) is 18.3 Å². The molecule has 0 saturated carbocycles. The molecule has 3 aromatic rings. The highest BCUT2D eigenvalue weighted by Crippen LogP contribution is 2.28. The van der Waals surface area contributed by atoms with Gasteiger partial charge in [0.05, 0.1) is 17.0 Å². The van der Waals surface area contributed by atoms with Crippen LogP contribution in [0.1, 0.15) is 11.4 Å². The molecule has 114 valence electrons. The molecule has 0 aliphatic carbocycles. The van der Waals surface area contributed by atoms with Crippen LogP contribution in [-0.2, 0) is 12.7 Å². The van der Waals surface area contributed by atoms with Gasteiger partial charge in [-0.3, -0.25) is 5.10 Å². The van der Waals surface area contributed by atoms with E-state index in [1.54, 1.807) is 0 Å². The molecule has 22 heavy (non-hydrogen) atoms. The second-order valence-electron chi connectivity index (χ2n) is 4.37. The molecule has 0 amide bonds. The van der Waals surface area contributed by atoms with E-state index in [0.717, 1.165) is 17.1 Å². The Kier molecular flexibility index (Phi) is 3.80. The zero-order valence-corrected chi connectivity index (χ0v) is 11.9. The van der Waals surface area contributed by atoms with Gasteiger partial charge in [-0.1, -0.05) is 6.07 Å². The van der Waals surface area contributed by atoms with Gasteiger partial charge in [-0.15, -0.1) is 11.3 Å². The Morgan fingerprint density at radius 2 is 2.09 bits per heavy atom. The number of nitrogens with zero attached hydrogens (tertiary/aromatic N) is 3. The van der Waals surface area contributed by atoms with E-state index in [2.05, 4.69) is 25.5 Å². The van der Waals surface area contributed by atoms with Crippen LogP contribution in [-0.4, -0.2) is 20.2 Å². The van der Waals surface area contributed by atoms with Crippen molar-refractivity contribution in [2.45, 2.75) is 12.7 Å². The highest BCUT2D eigenvalue weighted by Gasteiger charge is 2.30. The largest absolute Gasteiger partial charge is 0.417 e. The van der Waals surface area contributed by atoms with E-state index in [9.17, 15) is 13.2 Å². The molecular formula is C13H10F3N5S. The molecule has 0 saturated heterocycles. The van der Waals surface area contributed by atoms with Gasteiger partial charge in [0.1, 0.15) is 11.6 Å². The van der Waals surface area contributed by atoms with E-state index in [1.807, 2.05) is 17.5 Å². The van der Waals surface area contributed by atoms with Crippen LogP contribution in [0.5, 0.6) is 0 Å². The Morgan fingerprint density at radius 1 is 1.23 bits per heavy atom. The molecule has 3 aromatic heterocycles. The van der Waals surface area contributed by atoms with Crippen molar-refractivity contribution >= 4 is 17.2 Å². The van der Waals surface area contributed by atoms with Crippen LogP contribution in [0.2, 0.25) is 0 Å². The number of thiophene rings is 1. The van der Waals surface area contributed by atoms with Gasteiger partial charge in [-0.05, 0) is 23.6 Å². The van der Waals surface area contributed by atoms with Gasteiger partial charge in [-0.25, -0.2) is 9.97 Å². The van der Waals surface area contributed by atoms with Gasteiger partial charge in [0.2, 0.25) is 0 Å². The summed E-state index contributed by atoms with van der Waals surface area (Å²) in [6, 6.07) is 6.06. The summed E-state index contributed by atoms with van der Waals surface area (Å²) in [5.41, 5.74) is -0.780. The third-order valence-electron chi connectivity index (χ3n) is 2.80. The monoisotopic (exact) mass is 325 g/mol. The van der Waals surface area contributed by atoms with Crippen molar-refractivity contribution in [3.8, 4) is 10.7 Å². The van der Waals surface area contributed by atoms with Crippen LogP contribution < -0.4 is 5.32 Å². The summed E-state index contributed by atoms with van der Waals surface area (Å²) in [6.45, 7) is 0.288. The average Bonchev–Trinajstić information content (AvgIpc) is 3.15. The molecule has 3 rings (SSSR count). The molecule has 3 heterocycles. The minimum Gasteiger partial charge on any atom is -0.363 e. The minimum atomic E-state index is -4.38. The Bertz CT molecular complexity index is 734. The number of rotatable bonds is 4. The number of pyridine rings is 1. The molecule has 0 spiro atoms. The smallest absolute Gasteiger partial charge is 0.363 e. The fraction of sp³-hybridized carbons (Fsp3) is 0.154. The number of H-pyrrole nitrogens is 1. The molecule has 0 aliphatic rings. The Morgan fingerprint density at radius 3 is 2.73 bits per heavy atom. The van der Waals surface area contributed by atoms with Crippen LogP contribution >= 0.6 is 11.3 Å². The van der Waals surface area contributed by atoms with Gasteiger partial charge in [0, 0.05) is 6.20 Å². The molecule has 0 fully saturated rings. The summed E-state index contributed by atoms with van der Waals surface area (Å²) >= 11 is 1.52. The van der Waals surface area contributed by atoms with E-state index < -0.39 is 11.7 Å². The summed E-state index contributed by atoms with van der Waals surface area (Å²) < 4.78 is 37.3. The summed E-state index contributed by atoms with van der Waals surface area (Å²) in [5, 5.41) is 11.7. The van der Waals surface area contributed by atoms with Crippen molar-refractivity contribution in [3.05, 3.63) is 47.2 Å². The number of aromatic nitrogens is 4. The fourth-order valence-electron chi connectivity index (χ4n) is 1.73. The Balaban J connectivity index is 1.63. The average molecular weight is 325 g/mol. The zero-order valence-electron chi connectivity index (χ0n) is 11.1.